The van der Waals surface area contributed by atoms with Gasteiger partial charge in [0.25, 0.3) is 11.8 Å². The summed E-state index contributed by atoms with van der Waals surface area (Å²) in [5, 5.41) is 0. The second-order valence-electron chi connectivity index (χ2n) is 14.3. The van der Waals surface area contributed by atoms with Gasteiger partial charge in [0, 0.05) is 74.0 Å². The Labute approximate surface area is 264 Å². The molecular formula is C34H45F2N5O4. The highest BCUT2D eigenvalue weighted by molar-refractivity contribution is 5.99. The Morgan fingerprint density at radius 3 is 2.51 bits per heavy atom. The van der Waals surface area contributed by atoms with Gasteiger partial charge in [-0.2, -0.15) is 8.78 Å². The van der Waals surface area contributed by atoms with E-state index in [0.717, 1.165) is 11.1 Å². The lowest BCUT2D eigenvalue weighted by atomic mass is 9.88. The normalized spacial score (nSPS) is 21.6. The van der Waals surface area contributed by atoms with Crippen LogP contribution in [0.25, 0.3) is 0 Å². The second kappa shape index (κ2) is 12.0. The molecule has 0 saturated carbocycles. The van der Waals surface area contributed by atoms with Gasteiger partial charge in [-0.1, -0.05) is 45.4 Å². The lowest BCUT2D eigenvalue weighted by molar-refractivity contribution is -0.121. The third-order valence-corrected chi connectivity index (χ3v) is 8.94. The van der Waals surface area contributed by atoms with Gasteiger partial charge < -0.3 is 19.4 Å². The first-order chi connectivity index (χ1) is 21.0. The average Bonchev–Trinajstić information content (AvgIpc) is 3.41. The van der Waals surface area contributed by atoms with E-state index in [1.807, 2.05) is 70.7 Å². The van der Waals surface area contributed by atoms with Gasteiger partial charge in [0.15, 0.2) is 0 Å². The summed E-state index contributed by atoms with van der Waals surface area (Å²) in [4.78, 5) is 51.8. The third kappa shape index (κ3) is 6.68. The summed E-state index contributed by atoms with van der Waals surface area (Å²) in [5.41, 5.74) is 1.35. The van der Waals surface area contributed by atoms with Gasteiger partial charge in [0.05, 0.1) is 12.2 Å². The fourth-order valence-corrected chi connectivity index (χ4v) is 6.65. The van der Waals surface area contributed by atoms with Crippen LogP contribution in [0, 0.1) is 0 Å². The largest absolute Gasteiger partial charge is 0.444 e. The van der Waals surface area contributed by atoms with Crippen LogP contribution < -0.4 is 4.90 Å². The number of anilines is 1. The van der Waals surface area contributed by atoms with Crippen LogP contribution in [-0.4, -0.2) is 88.0 Å². The van der Waals surface area contributed by atoms with E-state index in [-0.39, 0.29) is 49.1 Å². The Balaban J connectivity index is 1.40. The Morgan fingerprint density at radius 2 is 1.84 bits per heavy atom. The molecule has 1 saturated heterocycles. The van der Waals surface area contributed by atoms with Crippen molar-refractivity contribution in [1.82, 2.24) is 19.7 Å². The zero-order valence-corrected chi connectivity index (χ0v) is 27.4. The summed E-state index contributed by atoms with van der Waals surface area (Å²) in [7, 11) is 0. The van der Waals surface area contributed by atoms with Crippen molar-refractivity contribution in [3.8, 4) is 0 Å². The smallest absolute Gasteiger partial charge is 0.410 e. The van der Waals surface area contributed by atoms with Gasteiger partial charge in [0.2, 0.25) is 5.91 Å². The maximum Gasteiger partial charge on any atom is 0.410 e. The molecule has 45 heavy (non-hydrogen) atoms. The number of halogens is 2. The number of rotatable bonds is 7. The molecule has 0 aliphatic carbocycles. The van der Waals surface area contributed by atoms with E-state index in [1.165, 1.54) is 12.3 Å². The fraction of sp³-hybridized carbons (Fsp3) is 0.588. The molecule has 1 aromatic heterocycles. The number of pyridine rings is 1. The number of alkyl halides is 2. The third-order valence-electron chi connectivity index (χ3n) is 8.94. The topological polar surface area (TPSA) is 86.3 Å². The first kappa shape index (κ1) is 32.8. The highest BCUT2D eigenvalue weighted by atomic mass is 19.3. The van der Waals surface area contributed by atoms with Crippen LogP contribution in [0.15, 0.2) is 36.5 Å². The van der Waals surface area contributed by atoms with Crippen molar-refractivity contribution in [2.24, 2.45) is 0 Å². The van der Waals surface area contributed by atoms with E-state index >= 15 is 0 Å². The van der Waals surface area contributed by atoms with Crippen molar-refractivity contribution in [2.45, 2.75) is 96.9 Å². The molecule has 0 unspecified atom stereocenters. The van der Waals surface area contributed by atoms with Crippen molar-refractivity contribution < 1.29 is 27.9 Å². The van der Waals surface area contributed by atoms with Gasteiger partial charge >= 0.3 is 6.09 Å². The number of amides is 3. The highest BCUT2D eigenvalue weighted by Crippen LogP contribution is 2.43. The van der Waals surface area contributed by atoms with Crippen LogP contribution in [0.2, 0.25) is 0 Å². The Hall–Kier alpha value is -3.60. The van der Waals surface area contributed by atoms with Crippen LogP contribution in [0.4, 0.5) is 19.3 Å². The van der Waals surface area contributed by atoms with Crippen LogP contribution in [0.3, 0.4) is 0 Å². The standard InChI is InChI=1S/C34H45F2N5O4/c1-8-13-34(35,36)28-14-27-26(15-37-28)33(6,7)21-41(27)29(42)20-38-16-22(2)40(31(44)45-32(3,4)5)19-24(38)18-39-17-23-11-9-10-12-25(23)30(39)43/h9-12,14-15,22,24H,8,13,16-21H2,1-7H3/t22-,24+/m1/s1. The summed E-state index contributed by atoms with van der Waals surface area (Å²) < 4.78 is 35.5. The first-order valence-corrected chi connectivity index (χ1v) is 15.8. The minimum Gasteiger partial charge on any atom is -0.444 e. The minimum absolute atomic E-state index is 0.00464. The van der Waals surface area contributed by atoms with Crippen molar-refractivity contribution in [2.75, 3.05) is 37.6 Å². The number of carbonyl (C=O) groups is 3. The molecule has 11 heteroatoms. The predicted molar refractivity (Wildman–Crippen MR) is 167 cm³/mol. The molecule has 0 N–H and O–H groups in total. The molecule has 3 aliphatic rings. The molecule has 0 radical (unpaired) electrons. The van der Waals surface area contributed by atoms with Crippen LogP contribution in [0.5, 0.6) is 0 Å². The number of piperazine rings is 1. The van der Waals surface area contributed by atoms with E-state index in [2.05, 4.69) is 4.98 Å². The zero-order chi connectivity index (χ0) is 32.9. The highest BCUT2D eigenvalue weighted by Gasteiger charge is 2.44. The van der Waals surface area contributed by atoms with E-state index in [0.29, 0.717) is 43.9 Å². The average molecular weight is 626 g/mol. The molecule has 244 valence electrons. The summed E-state index contributed by atoms with van der Waals surface area (Å²) in [5.74, 6) is -3.40. The molecule has 0 bridgehead atoms. The number of aromatic nitrogens is 1. The number of carbonyl (C=O) groups excluding carboxylic acids is 3. The summed E-state index contributed by atoms with van der Waals surface area (Å²) in [6.45, 7) is 14.8. The SMILES string of the molecule is CCCC(F)(F)c1cc2c(cn1)C(C)(C)CN2C(=O)CN1C[C@@H](C)N(C(=O)OC(C)(C)C)C[C@@H]1CN1Cc2ccccc2C1=O. The fourth-order valence-electron chi connectivity index (χ4n) is 6.65. The molecule has 2 atom stereocenters. The molecular weight excluding hydrogens is 580 g/mol. The van der Waals surface area contributed by atoms with E-state index in [1.54, 1.807) is 21.6 Å². The minimum atomic E-state index is -3.09. The van der Waals surface area contributed by atoms with E-state index in [9.17, 15) is 23.2 Å². The molecule has 1 aromatic carbocycles. The predicted octanol–water partition coefficient (Wildman–Crippen LogP) is 5.56. The number of nitrogens with zero attached hydrogens (tertiary/aromatic N) is 5. The van der Waals surface area contributed by atoms with Gasteiger partial charge in [-0.15, -0.1) is 0 Å². The van der Waals surface area contributed by atoms with Gasteiger partial charge in [0.1, 0.15) is 11.3 Å². The lowest BCUT2D eigenvalue weighted by Gasteiger charge is -2.46. The number of ether oxygens (including phenoxy) is 1. The molecule has 3 aliphatic heterocycles. The Bertz CT molecular complexity index is 1470. The molecule has 4 heterocycles. The molecule has 2 aromatic rings. The van der Waals surface area contributed by atoms with Gasteiger partial charge in [-0.3, -0.25) is 19.5 Å². The van der Waals surface area contributed by atoms with Crippen molar-refractivity contribution in [3.63, 3.8) is 0 Å². The zero-order valence-electron chi connectivity index (χ0n) is 27.4. The van der Waals surface area contributed by atoms with Crippen LogP contribution >= 0.6 is 0 Å². The van der Waals surface area contributed by atoms with Crippen molar-refractivity contribution in [3.05, 3.63) is 58.9 Å². The van der Waals surface area contributed by atoms with Gasteiger partial charge in [-0.05, 0) is 45.4 Å². The molecule has 5 rings (SSSR count). The maximum atomic E-state index is 14.9. The molecule has 1 fully saturated rings. The second-order valence-corrected chi connectivity index (χ2v) is 14.3. The van der Waals surface area contributed by atoms with E-state index < -0.39 is 23.0 Å². The van der Waals surface area contributed by atoms with E-state index in [4.69, 9.17) is 4.74 Å². The summed E-state index contributed by atoms with van der Waals surface area (Å²) >= 11 is 0. The monoisotopic (exact) mass is 625 g/mol. The molecule has 3 amide bonds. The Morgan fingerprint density at radius 1 is 1.13 bits per heavy atom. The number of hydrogen-bond donors (Lipinski definition) is 0. The number of benzene rings is 1. The first-order valence-electron chi connectivity index (χ1n) is 15.8. The molecule has 9 nitrogen and oxygen atoms in total. The Kier molecular flexibility index (Phi) is 8.72. The van der Waals surface area contributed by atoms with Crippen LogP contribution in [0.1, 0.15) is 88.5 Å². The summed E-state index contributed by atoms with van der Waals surface area (Å²) in [6.07, 6.45) is 1.03. The molecule has 0 spiro atoms. The lowest BCUT2D eigenvalue weighted by Crippen LogP contribution is -2.63. The maximum absolute atomic E-state index is 14.9. The van der Waals surface area contributed by atoms with Crippen molar-refractivity contribution in [1.29, 1.82) is 0 Å². The number of fused-ring (bicyclic) bond motifs is 2. The van der Waals surface area contributed by atoms with Crippen LogP contribution in [-0.2, 0) is 27.4 Å². The summed E-state index contributed by atoms with van der Waals surface area (Å²) in [6, 6.07) is 8.25. The quantitative estimate of drug-likeness (QED) is 0.401. The number of hydrogen-bond acceptors (Lipinski definition) is 6. The van der Waals surface area contributed by atoms with Gasteiger partial charge in [-0.25, -0.2) is 4.79 Å². The van der Waals surface area contributed by atoms with Crippen molar-refractivity contribution >= 4 is 23.6 Å².